The Morgan fingerprint density at radius 2 is 1.72 bits per heavy atom. The van der Waals surface area contributed by atoms with Crippen molar-refractivity contribution in [2.75, 3.05) is 26.2 Å². The van der Waals surface area contributed by atoms with Gasteiger partial charge in [0.2, 0.25) is 0 Å². The monoisotopic (exact) mass is 392 g/mol. The molecule has 1 aromatic heterocycles. The molecule has 0 spiro atoms. The summed E-state index contributed by atoms with van der Waals surface area (Å²) >= 11 is 2.51. The number of likely N-dealkylation sites (tertiary alicyclic amines) is 1. The summed E-state index contributed by atoms with van der Waals surface area (Å²) < 4.78 is 7.10. The van der Waals surface area contributed by atoms with Crippen molar-refractivity contribution in [2.45, 2.75) is 12.8 Å². The quantitative estimate of drug-likeness (QED) is 0.624. The molecule has 2 radical (unpaired) electrons. The second kappa shape index (κ2) is 7.59. The number of nitrogens with zero attached hydrogens (tertiary/aromatic N) is 2. The van der Waals surface area contributed by atoms with Crippen molar-refractivity contribution in [3.05, 3.63) is 54.6 Å². The standard InChI is InChI=1S/C21H21AsN2O/c22-21-9-5-8-19(23-21)17-10-11-20(18-7-2-1-6-16(17)18)25-15-14-24-12-3-4-13-24/h1-2,5-11H,3-4,12-15H2. The Balaban J connectivity index is 1.62. The summed E-state index contributed by atoms with van der Waals surface area (Å²) in [6.07, 6.45) is 2.64. The Labute approximate surface area is 157 Å². The van der Waals surface area contributed by atoms with Gasteiger partial charge in [0.15, 0.2) is 0 Å². The molecule has 25 heavy (non-hydrogen) atoms. The van der Waals surface area contributed by atoms with Crippen molar-refractivity contribution in [1.29, 1.82) is 0 Å². The Hall–Kier alpha value is -1.83. The van der Waals surface area contributed by atoms with Crippen LogP contribution in [-0.4, -0.2) is 53.0 Å². The third kappa shape index (κ3) is 3.73. The number of benzene rings is 2. The van der Waals surface area contributed by atoms with E-state index in [4.69, 9.17) is 4.74 Å². The molecule has 0 aliphatic carbocycles. The van der Waals surface area contributed by atoms with Gasteiger partial charge in [-0.25, -0.2) is 0 Å². The second-order valence-electron chi connectivity index (χ2n) is 6.44. The van der Waals surface area contributed by atoms with Crippen LogP contribution in [0.5, 0.6) is 5.75 Å². The zero-order chi connectivity index (χ0) is 17.1. The summed E-state index contributed by atoms with van der Waals surface area (Å²) in [6.45, 7) is 4.16. The fourth-order valence-electron chi connectivity index (χ4n) is 3.48. The Bertz CT molecular complexity index is 875. The molecule has 1 aliphatic heterocycles. The third-order valence-corrected chi connectivity index (χ3v) is 5.28. The van der Waals surface area contributed by atoms with Gasteiger partial charge in [0.25, 0.3) is 0 Å². The van der Waals surface area contributed by atoms with Crippen LogP contribution in [0.4, 0.5) is 0 Å². The minimum absolute atomic E-state index is 0.740. The van der Waals surface area contributed by atoms with Crippen LogP contribution in [0.25, 0.3) is 22.0 Å². The zero-order valence-electron chi connectivity index (χ0n) is 14.2. The number of pyridine rings is 1. The number of ether oxygens (including phenoxy) is 1. The van der Waals surface area contributed by atoms with Gasteiger partial charge in [0.05, 0.1) is 0 Å². The molecule has 1 fully saturated rings. The van der Waals surface area contributed by atoms with Crippen LogP contribution in [0, 0.1) is 0 Å². The van der Waals surface area contributed by atoms with Gasteiger partial charge in [-0.1, -0.05) is 0 Å². The topological polar surface area (TPSA) is 25.4 Å². The van der Waals surface area contributed by atoms with Gasteiger partial charge in [-0.3, -0.25) is 0 Å². The van der Waals surface area contributed by atoms with Crippen LogP contribution in [0.15, 0.2) is 54.6 Å². The molecule has 0 amide bonds. The Morgan fingerprint density at radius 3 is 2.52 bits per heavy atom. The molecular formula is C21H21AsN2O. The van der Waals surface area contributed by atoms with Crippen molar-refractivity contribution in [3.63, 3.8) is 0 Å². The van der Waals surface area contributed by atoms with Gasteiger partial charge in [-0.05, 0) is 12.8 Å². The molecule has 126 valence electrons. The molecular weight excluding hydrogens is 371 g/mol. The predicted octanol–water partition coefficient (Wildman–Crippen LogP) is 3.17. The van der Waals surface area contributed by atoms with Gasteiger partial charge in [-0.15, -0.1) is 0 Å². The van der Waals surface area contributed by atoms with Gasteiger partial charge in [0, 0.05) is 0 Å². The third-order valence-electron chi connectivity index (χ3n) is 4.76. The van der Waals surface area contributed by atoms with Crippen LogP contribution in [0.3, 0.4) is 0 Å². The van der Waals surface area contributed by atoms with Gasteiger partial charge in [0.1, 0.15) is 0 Å². The number of hydrogen-bond acceptors (Lipinski definition) is 3. The van der Waals surface area contributed by atoms with Crippen LogP contribution >= 0.6 is 0 Å². The first-order valence-electron chi connectivity index (χ1n) is 8.84. The molecule has 4 rings (SSSR count). The van der Waals surface area contributed by atoms with Gasteiger partial charge < -0.3 is 0 Å². The van der Waals surface area contributed by atoms with Crippen LogP contribution < -0.4 is 9.22 Å². The second-order valence-corrected chi connectivity index (χ2v) is 7.40. The number of aromatic nitrogens is 1. The molecule has 1 saturated heterocycles. The average Bonchev–Trinajstić information content (AvgIpc) is 3.15. The number of fused-ring (bicyclic) bond motifs is 1. The van der Waals surface area contributed by atoms with E-state index in [1.807, 2.05) is 12.1 Å². The van der Waals surface area contributed by atoms with E-state index in [1.54, 1.807) is 0 Å². The van der Waals surface area contributed by atoms with Crippen LogP contribution in [-0.2, 0) is 0 Å². The van der Waals surface area contributed by atoms with Crippen molar-refractivity contribution in [1.82, 2.24) is 9.88 Å². The fraction of sp³-hybridized carbons (Fsp3) is 0.286. The van der Waals surface area contributed by atoms with E-state index in [9.17, 15) is 0 Å². The van der Waals surface area contributed by atoms with E-state index < -0.39 is 0 Å². The molecule has 0 saturated carbocycles. The minimum atomic E-state index is 0.740. The Morgan fingerprint density at radius 1 is 0.920 bits per heavy atom. The SMILES string of the molecule is [As]c1cccc(-c2ccc(OCCN3CCCC3)c3ccccc23)n1. The summed E-state index contributed by atoms with van der Waals surface area (Å²) in [7, 11) is 0. The van der Waals surface area contributed by atoms with E-state index in [1.165, 1.54) is 31.3 Å². The molecule has 2 aromatic carbocycles. The molecule has 0 N–H and O–H groups in total. The summed E-state index contributed by atoms with van der Waals surface area (Å²) in [5.41, 5.74) is 2.15. The first-order chi connectivity index (χ1) is 12.3. The van der Waals surface area contributed by atoms with E-state index in [0.717, 1.165) is 40.0 Å². The maximum atomic E-state index is 6.13. The maximum absolute atomic E-state index is 6.13. The molecule has 3 aromatic rings. The molecule has 0 bridgehead atoms. The molecule has 0 unspecified atom stereocenters. The number of rotatable bonds is 5. The predicted molar refractivity (Wildman–Crippen MR) is 104 cm³/mol. The van der Waals surface area contributed by atoms with Crippen molar-refractivity contribution in [3.8, 4) is 17.0 Å². The first-order valence-corrected chi connectivity index (χ1v) is 9.78. The molecule has 2 heterocycles. The fourth-order valence-corrected chi connectivity index (χ4v) is 3.89. The molecule has 4 heteroatoms. The van der Waals surface area contributed by atoms with Crippen molar-refractivity contribution in [2.24, 2.45) is 0 Å². The van der Waals surface area contributed by atoms with Crippen LogP contribution in [0.1, 0.15) is 12.8 Å². The molecule has 1 aliphatic rings. The Kier molecular flexibility index (Phi) is 5.05. The van der Waals surface area contributed by atoms with Crippen molar-refractivity contribution >= 4 is 32.1 Å². The van der Waals surface area contributed by atoms with Crippen LogP contribution in [0.2, 0.25) is 0 Å². The zero-order valence-corrected chi connectivity index (χ0v) is 16.1. The van der Waals surface area contributed by atoms with E-state index in [0.29, 0.717) is 0 Å². The summed E-state index contributed by atoms with van der Waals surface area (Å²) in [5.74, 6) is 0.960. The molecule has 0 atom stereocenters. The van der Waals surface area contributed by atoms with E-state index >= 15 is 0 Å². The summed E-state index contributed by atoms with van der Waals surface area (Å²) in [4.78, 5) is 7.14. The summed E-state index contributed by atoms with van der Waals surface area (Å²) in [6, 6.07) is 18.8. The summed E-state index contributed by atoms with van der Waals surface area (Å²) in [5, 5.41) is 2.34. The van der Waals surface area contributed by atoms with Gasteiger partial charge in [-0.2, -0.15) is 0 Å². The normalized spacial score (nSPS) is 14.9. The average molecular weight is 392 g/mol. The number of hydrogen-bond donors (Lipinski definition) is 0. The van der Waals surface area contributed by atoms with E-state index in [-0.39, 0.29) is 0 Å². The van der Waals surface area contributed by atoms with E-state index in [2.05, 4.69) is 69.2 Å². The molecule has 3 nitrogen and oxygen atoms in total. The first kappa shape index (κ1) is 16.6. The van der Waals surface area contributed by atoms with Gasteiger partial charge >= 0.3 is 145 Å². The van der Waals surface area contributed by atoms with Crippen molar-refractivity contribution < 1.29 is 4.74 Å².